The molecule has 1 rings (SSSR count). The average molecular weight is 284 g/mol. The van der Waals surface area contributed by atoms with Gasteiger partial charge in [-0.15, -0.1) is 0 Å². The van der Waals surface area contributed by atoms with E-state index in [1.54, 1.807) is 13.0 Å². The Bertz CT molecular complexity index is 451. The van der Waals surface area contributed by atoms with Crippen LogP contribution in [0.3, 0.4) is 0 Å². The molecule has 0 saturated carbocycles. The first-order valence-electron chi connectivity index (χ1n) is 4.64. The monoisotopic (exact) mass is 283 g/mol. The molecule has 0 unspecified atom stereocenters. The standard InChI is InChI=1S/C11H10BrNO3/c1-2-16-11(15)8-3-7(5-13)4-10(12)9(8)6-14/h3-4,14H,2,6H2,1H3. The van der Waals surface area contributed by atoms with E-state index in [4.69, 9.17) is 15.1 Å². The molecule has 1 N–H and O–H groups in total. The number of aliphatic hydroxyl groups excluding tert-OH is 1. The van der Waals surface area contributed by atoms with Crippen molar-refractivity contribution in [1.29, 1.82) is 5.26 Å². The number of halogens is 1. The molecule has 0 saturated heterocycles. The fourth-order valence-electron chi connectivity index (χ4n) is 1.25. The van der Waals surface area contributed by atoms with Crippen LogP contribution in [0.4, 0.5) is 0 Å². The summed E-state index contributed by atoms with van der Waals surface area (Å²) in [6, 6.07) is 4.90. The van der Waals surface area contributed by atoms with Crippen molar-refractivity contribution < 1.29 is 14.6 Å². The number of nitrogens with zero attached hydrogens (tertiary/aromatic N) is 1. The Kier molecular flexibility index (Phi) is 4.47. The van der Waals surface area contributed by atoms with Gasteiger partial charge in [0.25, 0.3) is 0 Å². The third-order valence-electron chi connectivity index (χ3n) is 1.98. The number of aliphatic hydroxyl groups is 1. The normalized spacial score (nSPS) is 9.62. The summed E-state index contributed by atoms with van der Waals surface area (Å²) in [5, 5.41) is 17.9. The molecule has 0 radical (unpaired) electrons. The smallest absolute Gasteiger partial charge is 0.338 e. The predicted molar refractivity (Wildman–Crippen MR) is 60.7 cm³/mol. The van der Waals surface area contributed by atoms with E-state index in [0.717, 1.165) is 0 Å². The minimum Gasteiger partial charge on any atom is -0.462 e. The molecule has 1 aromatic rings. The second-order valence-corrected chi connectivity index (χ2v) is 3.83. The molecule has 16 heavy (non-hydrogen) atoms. The minimum absolute atomic E-state index is 0.218. The lowest BCUT2D eigenvalue weighted by molar-refractivity contribution is 0.0522. The van der Waals surface area contributed by atoms with Gasteiger partial charge in [0, 0.05) is 10.0 Å². The van der Waals surface area contributed by atoms with E-state index in [9.17, 15) is 4.79 Å². The van der Waals surface area contributed by atoms with Crippen LogP contribution in [0.2, 0.25) is 0 Å². The summed E-state index contributed by atoms with van der Waals surface area (Å²) < 4.78 is 5.37. The van der Waals surface area contributed by atoms with Crippen molar-refractivity contribution in [2.75, 3.05) is 6.61 Å². The first-order chi connectivity index (χ1) is 7.63. The molecular formula is C11H10BrNO3. The van der Waals surface area contributed by atoms with Gasteiger partial charge >= 0.3 is 5.97 Å². The van der Waals surface area contributed by atoms with Gasteiger partial charge in [0.05, 0.1) is 30.4 Å². The molecule has 0 aromatic heterocycles. The van der Waals surface area contributed by atoms with Gasteiger partial charge in [0.15, 0.2) is 0 Å². The summed E-state index contributed by atoms with van der Waals surface area (Å²) in [4.78, 5) is 11.6. The zero-order valence-electron chi connectivity index (χ0n) is 8.66. The SMILES string of the molecule is CCOC(=O)c1cc(C#N)cc(Br)c1CO. The lowest BCUT2D eigenvalue weighted by atomic mass is 10.0. The molecule has 0 aliphatic heterocycles. The molecule has 0 aliphatic carbocycles. The molecule has 0 atom stereocenters. The van der Waals surface area contributed by atoms with E-state index in [-0.39, 0.29) is 18.8 Å². The molecule has 5 heteroatoms. The molecule has 0 bridgehead atoms. The lowest BCUT2D eigenvalue weighted by Crippen LogP contribution is -2.09. The largest absolute Gasteiger partial charge is 0.462 e. The number of benzene rings is 1. The van der Waals surface area contributed by atoms with Crippen LogP contribution < -0.4 is 0 Å². The molecule has 1 aromatic carbocycles. The predicted octanol–water partition coefficient (Wildman–Crippen LogP) is 1.99. The zero-order valence-corrected chi connectivity index (χ0v) is 10.2. The minimum atomic E-state index is -0.538. The molecule has 4 nitrogen and oxygen atoms in total. The van der Waals surface area contributed by atoms with E-state index < -0.39 is 5.97 Å². The number of rotatable bonds is 3. The van der Waals surface area contributed by atoms with E-state index in [1.165, 1.54) is 6.07 Å². The van der Waals surface area contributed by atoms with Crippen molar-refractivity contribution in [2.24, 2.45) is 0 Å². The van der Waals surface area contributed by atoms with Crippen LogP contribution in [0, 0.1) is 11.3 Å². The van der Waals surface area contributed by atoms with Gasteiger partial charge < -0.3 is 9.84 Å². The first kappa shape index (κ1) is 12.7. The van der Waals surface area contributed by atoms with Gasteiger partial charge in [0.2, 0.25) is 0 Å². The van der Waals surface area contributed by atoms with Crippen LogP contribution in [0.5, 0.6) is 0 Å². The van der Waals surface area contributed by atoms with Crippen molar-refractivity contribution in [1.82, 2.24) is 0 Å². The van der Waals surface area contributed by atoms with E-state index >= 15 is 0 Å². The van der Waals surface area contributed by atoms with Crippen LogP contribution in [-0.2, 0) is 11.3 Å². The Labute approximate surface area is 102 Å². The van der Waals surface area contributed by atoms with Gasteiger partial charge in [-0.05, 0) is 19.1 Å². The summed E-state index contributed by atoms with van der Waals surface area (Å²) in [6.07, 6.45) is 0. The highest BCUT2D eigenvalue weighted by atomic mass is 79.9. The van der Waals surface area contributed by atoms with Crippen LogP contribution in [0.15, 0.2) is 16.6 Å². The fourth-order valence-corrected chi connectivity index (χ4v) is 1.84. The van der Waals surface area contributed by atoms with Crippen molar-refractivity contribution in [2.45, 2.75) is 13.5 Å². The molecular weight excluding hydrogens is 274 g/mol. The highest BCUT2D eigenvalue weighted by Crippen LogP contribution is 2.23. The van der Waals surface area contributed by atoms with Crippen molar-refractivity contribution >= 4 is 21.9 Å². The van der Waals surface area contributed by atoms with Crippen LogP contribution in [0.25, 0.3) is 0 Å². The maximum Gasteiger partial charge on any atom is 0.338 e. The van der Waals surface area contributed by atoms with E-state index in [0.29, 0.717) is 15.6 Å². The Morgan fingerprint density at radius 2 is 2.31 bits per heavy atom. The van der Waals surface area contributed by atoms with Crippen LogP contribution in [0.1, 0.15) is 28.4 Å². The van der Waals surface area contributed by atoms with Gasteiger partial charge in [-0.3, -0.25) is 0 Å². The van der Waals surface area contributed by atoms with Crippen molar-refractivity contribution in [3.05, 3.63) is 33.3 Å². The Morgan fingerprint density at radius 1 is 1.62 bits per heavy atom. The Balaban J connectivity index is 3.29. The van der Waals surface area contributed by atoms with Crippen molar-refractivity contribution in [3.8, 4) is 6.07 Å². The third kappa shape index (κ3) is 2.60. The fraction of sp³-hybridized carbons (Fsp3) is 0.273. The molecule has 0 aliphatic rings. The topological polar surface area (TPSA) is 70.3 Å². The molecule has 0 fully saturated rings. The molecule has 0 spiro atoms. The molecule has 84 valence electrons. The second kappa shape index (κ2) is 5.64. The van der Waals surface area contributed by atoms with Gasteiger partial charge in [-0.2, -0.15) is 5.26 Å². The highest BCUT2D eigenvalue weighted by Gasteiger charge is 2.16. The quantitative estimate of drug-likeness (QED) is 0.862. The number of carbonyl (C=O) groups excluding carboxylic acids is 1. The lowest BCUT2D eigenvalue weighted by Gasteiger charge is -2.09. The summed E-state index contributed by atoms with van der Waals surface area (Å²) in [6.45, 7) is 1.65. The number of esters is 1. The summed E-state index contributed by atoms with van der Waals surface area (Å²) in [5.74, 6) is -0.538. The van der Waals surface area contributed by atoms with Crippen molar-refractivity contribution in [3.63, 3.8) is 0 Å². The summed E-state index contributed by atoms with van der Waals surface area (Å²) in [7, 11) is 0. The number of hydrogen-bond donors (Lipinski definition) is 1. The van der Waals surface area contributed by atoms with E-state index in [2.05, 4.69) is 15.9 Å². The van der Waals surface area contributed by atoms with Gasteiger partial charge in [-0.25, -0.2) is 4.79 Å². The second-order valence-electron chi connectivity index (χ2n) is 2.97. The van der Waals surface area contributed by atoms with Gasteiger partial charge in [-0.1, -0.05) is 15.9 Å². The number of ether oxygens (including phenoxy) is 1. The Hall–Kier alpha value is -1.38. The van der Waals surface area contributed by atoms with E-state index in [1.807, 2.05) is 6.07 Å². The van der Waals surface area contributed by atoms with Gasteiger partial charge in [0.1, 0.15) is 0 Å². The third-order valence-corrected chi connectivity index (χ3v) is 2.69. The molecule has 0 amide bonds. The summed E-state index contributed by atoms with van der Waals surface area (Å²) in [5.41, 5.74) is 0.986. The number of carbonyl (C=O) groups is 1. The van der Waals surface area contributed by atoms with Crippen LogP contribution in [-0.4, -0.2) is 17.7 Å². The zero-order chi connectivity index (χ0) is 12.1. The molecule has 0 heterocycles. The summed E-state index contributed by atoms with van der Waals surface area (Å²) >= 11 is 3.20. The number of hydrogen-bond acceptors (Lipinski definition) is 4. The average Bonchev–Trinajstić information content (AvgIpc) is 2.28. The Morgan fingerprint density at radius 3 is 2.81 bits per heavy atom. The maximum atomic E-state index is 11.6. The van der Waals surface area contributed by atoms with Crippen LogP contribution >= 0.6 is 15.9 Å². The first-order valence-corrected chi connectivity index (χ1v) is 5.43. The maximum absolute atomic E-state index is 11.6. The highest BCUT2D eigenvalue weighted by molar-refractivity contribution is 9.10. The number of nitriles is 1.